The standard InChI is InChI=1S/C16H29N/c1-10-7-11(2)9-12(8-10)16(17-3)15-13-5-4-6-14(13)15/h10-17H,4-9H2,1-3H3. The molecule has 0 aromatic rings. The molecule has 5 atom stereocenters. The smallest absolute Gasteiger partial charge is 0.0126 e. The van der Waals surface area contributed by atoms with Crippen LogP contribution < -0.4 is 5.32 Å². The van der Waals surface area contributed by atoms with Gasteiger partial charge in [0, 0.05) is 6.04 Å². The van der Waals surface area contributed by atoms with Crippen LogP contribution >= 0.6 is 0 Å². The van der Waals surface area contributed by atoms with Crippen LogP contribution in [0.5, 0.6) is 0 Å². The summed E-state index contributed by atoms with van der Waals surface area (Å²) < 4.78 is 0. The van der Waals surface area contributed by atoms with E-state index in [-0.39, 0.29) is 0 Å². The quantitative estimate of drug-likeness (QED) is 0.786. The third-order valence-electron chi connectivity index (χ3n) is 5.94. The molecule has 1 N–H and O–H groups in total. The van der Waals surface area contributed by atoms with Gasteiger partial charge in [-0.05, 0) is 74.7 Å². The SMILES string of the molecule is CNC(C1CC(C)CC(C)C1)C1C2CCCC21. The van der Waals surface area contributed by atoms with Crippen LogP contribution in [0.2, 0.25) is 0 Å². The molecule has 0 aromatic heterocycles. The zero-order valence-corrected chi connectivity index (χ0v) is 11.8. The van der Waals surface area contributed by atoms with Crippen molar-refractivity contribution in [3.8, 4) is 0 Å². The van der Waals surface area contributed by atoms with E-state index in [0.717, 1.165) is 41.5 Å². The molecule has 0 spiro atoms. The molecule has 0 aliphatic heterocycles. The zero-order chi connectivity index (χ0) is 12.0. The molecule has 0 radical (unpaired) electrons. The summed E-state index contributed by atoms with van der Waals surface area (Å²) >= 11 is 0. The molecule has 3 saturated carbocycles. The van der Waals surface area contributed by atoms with Crippen molar-refractivity contribution in [3.05, 3.63) is 0 Å². The summed E-state index contributed by atoms with van der Waals surface area (Å²) in [6.07, 6.45) is 9.00. The molecule has 0 saturated heterocycles. The summed E-state index contributed by atoms with van der Waals surface area (Å²) in [7, 11) is 2.21. The monoisotopic (exact) mass is 235 g/mol. The summed E-state index contributed by atoms with van der Waals surface area (Å²) in [5, 5.41) is 3.70. The molecule has 0 amide bonds. The van der Waals surface area contributed by atoms with E-state index in [1.807, 2.05) is 0 Å². The molecule has 3 fully saturated rings. The number of rotatable bonds is 3. The molecule has 5 unspecified atom stereocenters. The van der Waals surface area contributed by atoms with Crippen molar-refractivity contribution in [3.63, 3.8) is 0 Å². The molecule has 1 heteroatoms. The van der Waals surface area contributed by atoms with Crippen LogP contribution in [0.1, 0.15) is 52.4 Å². The van der Waals surface area contributed by atoms with E-state index in [4.69, 9.17) is 0 Å². The van der Waals surface area contributed by atoms with Crippen LogP contribution in [0.15, 0.2) is 0 Å². The van der Waals surface area contributed by atoms with Crippen molar-refractivity contribution in [2.24, 2.45) is 35.5 Å². The minimum absolute atomic E-state index is 0.843. The number of hydrogen-bond acceptors (Lipinski definition) is 1. The first-order valence-corrected chi connectivity index (χ1v) is 7.88. The van der Waals surface area contributed by atoms with Crippen molar-refractivity contribution in [1.82, 2.24) is 5.32 Å². The van der Waals surface area contributed by atoms with Gasteiger partial charge in [-0.1, -0.05) is 20.3 Å². The number of nitrogens with one attached hydrogen (secondary N) is 1. The fourth-order valence-electron chi connectivity index (χ4n) is 5.45. The van der Waals surface area contributed by atoms with Gasteiger partial charge >= 0.3 is 0 Å². The predicted molar refractivity (Wildman–Crippen MR) is 72.8 cm³/mol. The molecular formula is C16H29N. The van der Waals surface area contributed by atoms with Crippen molar-refractivity contribution >= 4 is 0 Å². The fraction of sp³-hybridized carbons (Fsp3) is 1.00. The summed E-state index contributed by atoms with van der Waals surface area (Å²) in [5.41, 5.74) is 0. The molecule has 1 nitrogen and oxygen atoms in total. The van der Waals surface area contributed by atoms with E-state index < -0.39 is 0 Å². The van der Waals surface area contributed by atoms with Crippen molar-refractivity contribution < 1.29 is 0 Å². The third-order valence-corrected chi connectivity index (χ3v) is 5.94. The summed E-state index contributed by atoms with van der Waals surface area (Å²) in [5.74, 6) is 6.15. The highest BCUT2D eigenvalue weighted by molar-refractivity contribution is 5.08. The average Bonchev–Trinajstić information content (AvgIpc) is 2.73. The Morgan fingerprint density at radius 1 is 0.941 bits per heavy atom. The summed E-state index contributed by atoms with van der Waals surface area (Å²) in [4.78, 5) is 0. The highest BCUT2D eigenvalue weighted by atomic mass is 14.9. The van der Waals surface area contributed by atoms with Gasteiger partial charge in [0.15, 0.2) is 0 Å². The van der Waals surface area contributed by atoms with Crippen molar-refractivity contribution in [2.45, 2.75) is 58.4 Å². The zero-order valence-electron chi connectivity index (χ0n) is 11.8. The highest BCUT2D eigenvalue weighted by Gasteiger charge is 2.56. The Balaban J connectivity index is 1.64. The molecule has 3 aliphatic rings. The fourth-order valence-corrected chi connectivity index (χ4v) is 5.45. The van der Waals surface area contributed by atoms with E-state index in [1.54, 1.807) is 0 Å². The van der Waals surface area contributed by atoms with Crippen LogP contribution in [0.3, 0.4) is 0 Å². The second-order valence-electron chi connectivity index (χ2n) is 7.33. The predicted octanol–water partition coefficient (Wildman–Crippen LogP) is 3.69. The Bertz CT molecular complexity index is 255. The average molecular weight is 235 g/mol. The molecule has 17 heavy (non-hydrogen) atoms. The topological polar surface area (TPSA) is 12.0 Å². The van der Waals surface area contributed by atoms with Gasteiger partial charge in [-0.25, -0.2) is 0 Å². The van der Waals surface area contributed by atoms with E-state index in [2.05, 4.69) is 26.2 Å². The summed E-state index contributed by atoms with van der Waals surface area (Å²) in [6, 6.07) is 0.843. The molecule has 0 aromatic carbocycles. The van der Waals surface area contributed by atoms with Gasteiger partial charge in [-0.15, -0.1) is 0 Å². The Labute approximate surface area is 107 Å². The normalized spacial score (nSPS) is 51.0. The minimum Gasteiger partial charge on any atom is -0.316 e. The maximum atomic E-state index is 3.70. The first-order chi connectivity index (χ1) is 8.20. The first-order valence-electron chi connectivity index (χ1n) is 7.88. The van der Waals surface area contributed by atoms with Crippen LogP contribution in [0, 0.1) is 35.5 Å². The maximum Gasteiger partial charge on any atom is 0.0126 e. The van der Waals surface area contributed by atoms with Crippen LogP contribution in [-0.2, 0) is 0 Å². The van der Waals surface area contributed by atoms with Crippen molar-refractivity contribution in [1.29, 1.82) is 0 Å². The van der Waals surface area contributed by atoms with E-state index in [9.17, 15) is 0 Å². The lowest BCUT2D eigenvalue weighted by Crippen LogP contribution is -2.40. The van der Waals surface area contributed by atoms with Gasteiger partial charge < -0.3 is 5.32 Å². The van der Waals surface area contributed by atoms with Crippen LogP contribution in [-0.4, -0.2) is 13.1 Å². The highest BCUT2D eigenvalue weighted by Crippen LogP contribution is 2.60. The second kappa shape index (κ2) is 4.57. The number of hydrogen-bond donors (Lipinski definition) is 1. The maximum absolute atomic E-state index is 3.70. The first kappa shape index (κ1) is 12.0. The molecular weight excluding hydrogens is 206 g/mol. The lowest BCUT2D eigenvalue weighted by molar-refractivity contribution is 0.162. The van der Waals surface area contributed by atoms with Gasteiger partial charge in [-0.3, -0.25) is 0 Å². The lowest BCUT2D eigenvalue weighted by atomic mass is 9.72. The Morgan fingerprint density at radius 3 is 2.06 bits per heavy atom. The lowest BCUT2D eigenvalue weighted by Gasteiger charge is -2.37. The van der Waals surface area contributed by atoms with Gasteiger partial charge in [0.2, 0.25) is 0 Å². The van der Waals surface area contributed by atoms with E-state index in [1.165, 1.54) is 38.5 Å². The van der Waals surface area contributed by atoms with Gasteiger partial charge in [0.05, 0.1) is 0 Å². The van der Waals surface area contributed by atoms with E-state index in [0.29, 0.717) is 0 Å². The Kier molecular flexibility index (Phi) is 3.23. The Hall–Kier alpha value is -0.0400. The molecule has 3 rings (SSSR count). The molecule has 98 valence electrons. The van der Waals surface area contributed by atoms with Gasteiger partial charge in [0.25, 0.3) is 0 Å². The summed E-state index contributed by atoms with van der Waals surface area (Å²) in [6.45, 7) is 4.92. The van der Waals surface area contributed by atoms with Crippen molar-refractivity contribution in [2.75, 3.05) is 7.05 Å². The Morgan fingerprint density at radius 2 is 1.53 bits per heavy atom. The second-order valence-corrected chi connectivity index (χ2v) is 7.33. The van der Waals surface area contributed by atoms with Gasteiger partial charge in [-0.2, -0.15) is 0 Å². The molecule has 0 bridgehead atoms. The van der Waals surface area contributed by atoms with Crippen LogP contribution in [0.25, 0.3) is 0 Å². The number of fused-ring (bicyclic) bond motifs is 1. The minimum atomic E-state index is 0.843. The third kappa shape index (κ3) is 2.16. The van der Waals surface area contributed by atoms with Gasteiger partial charge in [0.1, 0.15) is 0 Å². The van der Waals surface area contributed by atoms with E-state index >= 15 is 0 Å². The molecule has 0 heterocycles. The van der Waals surface area contributed by atoms with Crippen LogP contribution in [0.4, 0.5) is 0 Å². The molecule has 3 aliphatic carbocycles. The largest absolute Gasteiger partial charge is 0.316 e.